The van der Waals surface area contributed by atoms with Gasteiger partial charge in [0.2, 0.25) is 0 Å². The molecule has 0 aliphatic carbocycles. The van der Waals surface area contributed by atoms with Gasteiger partial charge >= 0.3 is 5.97 Å². The molecule has 2 N–H and O–H groups in total. The number of carbonyl (C=O) groups is 2. The number of unbranched alkanes of at least 4 members (excludes halogenated alkanes) is 1. The Morgan fingerprint density at radius 1 is 0.778 bits per heavy atom. The summed E-state index contributed by atoms with van der Waals surface area (Å²) in [6.45, 7) is 2.51. The molecule has 4 aromatic carbocycles. The SMILES string of the molecule is CCCCOc1ccc(Oc2ccccc2)cc1C(=O)Nc1cc(-c2ccccc2)ccc1C(=O)O. The highest BCUT2D eigenvalue weighted by molar-refractivity contribution is 6.09. The second kappa shape index (κ2) is 11.7. The van der Waals surface area contributed by atoms with E-state index in [-0.39, 0.29) is 16.8 Å². The summed E-state index contributed by atoms with van der Waals surface area (Å²) in [6.07, 6.45) is 1.79. The van der Waals surface area contributed by atoms with Gasteiger partial charge in [-0.05, 0) is 60.0 Å². The lowest BCUT2D eigenvalue weighted by atomic mass is 10.0. The Balaban J connectivity index is 1.67. The van der Waals surface area contributed by atoms with Gasteiger partial charge in [0.05, 0.1) is 23.4 Å². The van der Waals surface area contributed by atoms with Crippen molar-refractivity contribution in [3.05, 3.63) is 108 Å². The number of ether oxygens (including phenoxy) is 2. The maximum atomic E-state index is 13.5. The quantitative estimate of drug-likeness (QED) is 0.233. The second-order valence-corrected chi connectivity index (χ2v) is 8.16. The van der Waals surface area contributed by atoms with Gasteiger partial charge in [-0.25, -0.2) is 4.79 Å². The Kier molecular flexibility index (Phi) is 7.98. The highest BCUT2D eigenvalue weighted by Gasteiger charge is 2.19. The smallest absolute Gasteiger partial charge is 0.337 e. The number of aromatic carboxylic acids is 1. The maximum Gasteiger partial charge on any atom is 0.337 e. The molecular weight excluding hydrogens is 454 g/mol. The van der Waals surface area contributed by atoms with Crippen LogP contribution in [0.15, 0.2) is 97.1 Å². The number of carboxylic acids is 1. The van der Waals surface area contributed by atoms with Crippen LogP contribution in [0.4, 0.5) is 5.69 Å². The van der Waals surface area contributed by atoms with E-state index >= 15 is 0 Å². The maximum absolute atomic E-state index is 13.5. The fourth-order valence-electron chi connectivity index (χ4n) is 3.66. The number of hydrogen-bond donors (Lipinski definition) is 2. The molecule has 1 amide bonds. The first-order valence-corrected chi connectivity index (χ1v) is 11.8. The first kappa shape index (κ1) is 24.5. The Labute approximate surface area is 210 Å². The summed E-state index contributed by atoms with van der Waals surface area (Å²) in [6, 6.07) is 28.7. The first-order chi connectivity index (χ1) is 17.5. The Morgan fingerprint density at radius 2 is 1.50 bits per heavy atom. The largest absolute Gasteiger partial charge is 0.493 e. The van der Waals surface area contributed by atoms with Crippen LogP contribution in [0.25, 0.3) is 11.1 Å². The van der Waals surface area contributed by atoms with E-state index in [1.165, 1.54) is 6.07 Å². The van der Waals surface area contributed by atoms with Crippen LogP contribution in [0.5, 0.6) is 17.2 Å². The molecule has 0 atom stereocenters. The van der Waals surface area contributed by atoms with Gasteiger partial charge in [-0.2, -0.15) is 0 Å². The van der Waals surface area contributed by atoms with Crippen molar-refractivity contribution < 1.29 is 24.2 Å². The first-order valence-electron chi connectivity index (χ1n) is 11.8. The molecule has 6 heteroatoms. The topological polar surface area (TPSA) is 84.9 Å². The van der Waals surface area contributed by atoms with Gasteiger partial charge in [-0.15, -0.1) is 0 Å². The summed E-state index contributed by atoms with van der Waals surface area (Å²) in [7, 11) is 0. The van der Waals surface area contributed by atoms with Crippen molar-refractivity contribution in [2.45, 2.75) is 19.8 Å². The van der Waals surface area contributed by atoms with Crippen molar-refractivity contribution >= 4 is 17.6 Å². The molecule has 0 aromatic heterocycles. The van der Waals surface area contributed by atoms with Crippen LogP contribution in [0.1, 0.15) is 40.5 Å². The number of amides is 1. The van der Waals surface area contributed by atoms with Crippen molar-refractivity contribution in [2.75, 3.05) is 11.9 Å². The summed E-state index contributed by atoms with van der Waals surface area (Å²) < 4.78 is 11.8. The van der Waals surface area contributed by atoms with Crippen molar-refractivity contribution in [2.24, 2.45) is 0 Å². The van der Waals surface area contributed by atoms with Gasteiger partial charge in [0.15, 0.2) is 0 Å². The van der Waals surface area contributed by atoms with Crippen molar-refractivity contribution in [3.63, 3.8) is 0 Å². The third kappa shape index (κ3) is 6.10. The minimum atomic E-state index is -1.13. The van der Waals surface area contributed by atoms with Crippen LogP contribution in [0.3, 0.4) is 0 Å². The fraction of sp³-hybridized carbons (Fsp3) is 0.133. The number of nitrogens with one attached hydrogen (secondary N) is 1. The average Bonchev–Trinajstić information content (AvgIpc) is 2.90. The van der Waals surface area contributed by atoms with Crippen molar-refractivity contribution in [3.8, 4) is 28.4 Å². The molecule has 4 rings (SSSR count). The zero-order chi connectivity index (χ0) is 25.3. The molecule has 0 spiro atoms. The second-order valence-electron chi connectivity index (χ2n) is 8.16. The van der Waals surface area contributed by atoms with Gasteiger partial charge in [-0.1, -0.05) is 67.9 Å². The predicted molar refractivity (Wildman–Crippen MR) is 140 cm³/mol. The number of anilines is 1. The molecule has 4 aromatic rings. The van der Waals surface area contributed by atoms with Crippen LogP contribution in [-0.2, 0) is 0 Å². The zero-order valence-corrected chi connectivity index (χ0v) is 19.9. The fourth-order valence-corrected chi connectivity index (χ4v) is 3.66. The number of carbonyl (C=O) groups excluding carboxylic acids is 1. The highest BCUT2D eigenvalue weighted by atomic mass is 16.5. The van der Waals surface area contributed by atoms with Gasteiger partial charge in [0.25, 0.3) is 5.91 Å². The third-order valence-electron chi connectivity index (χ3n) is 5.54. The Morgan fingerprint density at radius 3 is 2.19 bits per heavy atom. The normalized spacial score (nSPS) is 10.5. The molecule has 0 aliphatic heterocycles. The van der Waals surface area contributed by atoms with E-state index in [2.05, 4.69) is 12.2 Å². The average molecular weight is 482 g/mol. The Bertz CT molecular complexity index is 1340. The zero-order valence-electron chi connectivity index (χ0n) is 19.9. The molecule has 0 fully saturated rings. The molecule has 0 radical (unpaired) electrons. The highest BCUT2D eigenvalue weighted by Crippen LogP contribution is 2.31. The molecule has 36 heavy (non-hydrogen) atoms. The lowest BCUT2D eigenvalue weighted by Gasteiger charge is -2.15. The molecule has 182 valence electrons. The third-order valence-corrected chi connectivity index (χ3v) is 5.54. The van der Waals surface area contributed by atoms with Crippen LogP contribution in [0, 0.1) is 0 Å². The van der Waals surface area contributed by atoms with E-state index in [4.69, 9.17) is 9.47 Å². The number of hydrogen-bond acceptors (Lipinski definition) is 4. The number of carboxylic acid groups (broad SMARTS) is 1. The van der Waals surface area contributed by atoms with Gasteiger partial charge in [0.1, 0.15) is 17.2 Å². The lowest BCUT2D eigenvalue weighted by molar-refractivity contribution is 0.0698. The number of benzene rings is 4. The van der Waals surface area contributed by atoms with Crippen LogP contribution >= 0.6 is 0 Å². The van der Waals surface area contributed by atoms with E-state index < -0.39 is 11.9 Å². The summed E-state index contributed by atoms with van der Waals surface area (Å²) in [5, 5.41) is 12.5. The molecule has 0 unspecified atom stereocenters. The number of rotatable bonds is 10. The van der Waals surface area contributed by atoms with E-state index in [9.17, 15) is 14.7 Å². The molecule has 0 heterocycles. The summed E-state index contributed by atoms with van der Waals surface area (Å²) in [5.74, 6) is -0.131. The molecule has 0 aliphatic rings. The lowest BCUT2D eigenvalue weighted by Crippen LogP contribution is -2.16. The molecule has 0 bridgehead atoms. The molecule has 0 saturated heterocycles. The standard InChI is InChI=1S/C30H27NO5/c1-2-3-18-35-28-17-15-24(36-23-12-8-5-9-13-23)20-26(28)29(32)31-27-19-22(14-16-25(27)30(33)34)21-10-6-4-7-11-21/h4-17,19-20H,2-3,18H2,1H3,(H,31,32)(H,33,34). The van der Waals surface area contributed by atoms with Crippen molar-refractivity contribution in [1.82, 2.24) is 0 Å². The summed E-state index contributed by atoms with van der Waals surface area (Å²) >= 11 is 0. The summed E-state index contributed by atoms with van der Waals surface area (Å²) in [4.78, 5) is 25.3. The van der Waals surface area contributed by atoms with E-state index in [1.54, 1.807) is 30.3 Å². The van der Waals surface area contributed by atoms with Gasteiger partial charge in [0, 0.05) is 0 Å². The molecule has 0 saturated carbocycles. The van der Waals surface area contributed by atoms with E-state index in [0.717, 1.165) is 24.0 Å². The van der Waals surface area contributed by atoms with Crippen LogP contribution < -0.4 is 14.8 Å². The van der Waals surface area contributed by atoms with Crippen molar-refractivity contribution in [1.29, 1.82) is 0 Å². The minimum Gasteiger partial charge on any atom is -0.493 e. The van der Waals surface area contributed by atoms with E-state index in [0.29, 0.717) is 23.9 Å². The predicted octanol–water partition coefficient (Wildman–Crippen LogP) is 7.28. The van der Waals surface area contributed by atoms with Gasteiger partial charge < -0.3 is 19.9 Å². The van der Waals surface area contributed by atoms with E-state index in [1.807, 2.05) is 60.7 Å². The monoisotopic (exact) mass is 481 g/mol. The van der Waals surface area contributed by atoms with Gasteiger partial charge in [-0.3, -0.25) is 4.79 Å². The Hall–Kier alpha value is -4.58. The van der Waals surface area contributed by atoms with Crippen LogP contribution in [0.2, 0.25) is 0 Å². The number of para-hydroxylation sites is 1. The van der Waals surface area contributed by atoms with Crippen LogP contribution in [-0.4, -0.2) is 23.6 Å². The molecular formula is C30H27NO5. The molecule has 6 nitrogen and oxygen atoms in total. The minimum absolute atomic E-state index is 0.00632. The summed E-state index contributed by atoms with van der Waals surface area (Å²) in [5.41, 5.74) is 2.14.